The summed E-state index contributed by atoms with van der Waals surface area (Å²) >= 11 is 1.67. The highest BCUT2D eigenvalue weighted by atomic mass is 32.1. The first-order chi connectivity index (χ1) is 21.3. The van der Waals surface area contributed by atoms with Gasteiger partial charge >= 0.3 is 0 Å². The van der Waals surface area contributed by atoms with Gasteiger partial charge in [0.2, 0.25) is 0 Å². The fraction of sp³-hybridized carbons (Fsp3) is 0. The van der Waals surface area contributed by atoms with Crippen molar-refractivity contribution in [1.82, 2.24) is 19.1 Å². The molecule has 4 aromatic heterocycles. The monoisotopic (exact) mass is 570 g/mol. The van der Waals surface area contributed by atoms with Crippen LogP contribution in [0.3, 0.4) is 0 Å². The Morgan fingerprint density at radius 3 is 1.91 bits per heavy atom. The van der Waals surface area contributed by atoms with E-state index in [9.17, 15) is 4.79 Å². The van der Waals surface area contributed by atoms with Gasteiger partial charge in [-0.15, -0.1) is 11.3 Å². The topological polar surface area (TPSA) is 52.7 Å². The lowest BCUT2D eigenvalue weighted by Crippen LogP contribution is -2.19. The van der Waals surface area contributed by atoms with Gasteiger partial charge in [-0.3, -0.25) is 13.9 Å². The minimum atomic E-state index is -0.0568. The molecule has 0 saturated carbocycles. The lowest BCUT2D eigenvalue weighted by atomic mass is 10.1. The van der Waals surface area contributed by atoms with Crippen molar-refractivity contribution >= 4 is 64.3 Å². The Balaban J connectivity index is 1.53. The van der Waals surface area contributed by atoms with Gasteiger partial charge in [0.1, 0.15) is 4.83 Å². The van der Waals surface area contributed by atoms with E-state index in [0.29, 0.717) is 11.2 Å². The number of thiophene rings is 1. The van der Waals surface area contributed by atoms with Gasteiger partial charge in [0.25, 0.3) is 5.56 Å². The second kappa shape index (κ2) is 9.21. The first kappa shape index (κ1) is 24.1. The number of nitrogens with zero attached hydrogens (tertiary/aromatic N) is 4. The molecule has 0 N–H and O–H groups in total. The van der Waals surface area contributed by atoms with Crippen LogP contribution in [0, 0.1) is 0 Å². The van der Waals surface area contributed by atoms with Crippen molar-refractivity contribution in [2.24, 2.45) is 0 Å². The average Bonchev–Trinajstić information content (AvgIpc) is 3.62. The Labute approximate surface area is 249 Å². The van der Waals surface area contributed by atoms with Gasteiger partial charge in [0, 0.05) is 32.1 Å². The van der Waals surface area contributed by atoms with E-state index in [1.165, 1.54) is 0 Å². The van der Waals surface area contributed by atoms with E-state index >= 15 is 0 Å². The van der Waals surface area contributed by atoms with Crippen LogP contribution in [0.15, 0.2) is 138 Å². The molecule has 0 fully saturated rings. The molecule has 0 aliphatic heterocycles. The maximum atomic E-state index is 14.6. The highest BCUT2D eigenvalue weighted by Gasteiger charge is 2.24. The van der Waals surface area contributed by atoms with Crippen molar-refractivity contribution in [2.75, 3.05) is 0 Å². The third-order valence-corrected chi connectivity index (χ3v) is 9.23. The van der Waals surface area contributed by atoms with Gasteiger partial charge in [-0.1, -0.05) is 103 Å². The van der Waals surface area contributed by atoms with Gasteiger partial charge in [-0.05, 0) is 30.3 Å². The molecular weight excluding hydrogens is 549 g/mol. The average molecular weight is 571 g/mol. The normalized spacial score (nSPS) is 11.8. The molecule has 0 aliphatic carbocycles. The van der Waals surface area contributed by atoms with E-state index in [4.69, 9.17) is 9.97 Å². The first-order valence-corrected chi connectivity index (χ1v) is 15.0. The van der Waals surface area contributed by atoms with Gasteiger partial charge < -0.3 is 0 Å². The molecule has 5 aromatic carbocycles. The molecule has 6 heteroatoms. The molecule has 0 spiro atoms. The molecule has 4 heterocycles. The fourth-order valence-electron chi connectivity index (χ4n) is 6.34. The van der Waals surface area contributed by atoms with Crippen LogP contribution in [0.25, 0.3) is 75.9 Å². The quantitative estimate of drug-likeness (QED) is 0.213. The summed E-state index contributed by atoms with van der Waals surface area (Å²) < 4.78 is 5.17. The number of rotatable bonds is 3. The summed E-state index contributed by atoms with van der Waals surface area (Å²) in [5, 5.41) is 4.63. The number of hydrogen-bond donors (Lipinski definition) is 0. The van der Waals surface area contributed by atoms with Gasteiger partial charge in [-0.2, -0.15) is 0 Å². The fourth-order valence-corrected chi connectivity index (χ4v) is 7.41. The SMILES string of the molecule is O=c1c2c3ccccc3n(-c3nc(-c4ccccc4)nc4sc5ccccc5c34)c2c2ccccc2n1-c1ccccc1. The zero-order chi connectivity index (χ0) is 28.5. The summed E-state index contributed by atoms with van der Waals surface area (Å²) in [5.41, 5.74) is 4.35. The highest BCUT2D eigenvalue weighted by molar-refractivity contribution is 7.25. The van der Waals surface area contributed by atoms with Crippen molar-refractivity contribution < 1.29 is 0 Å². The smallest absolute Gasteiger partial charge is 0.265 e. The van der Waals surface area contributed by atoms with Crippen molar-refractivity contribution in [3.8, 4) is 22.9 Å². The zero-order valence-electron chi connectivity index (χ0n) is 22.8. The Kier molecular flexibility index (Phi) is 5.15. The van der Waals surface area contributed by atoms with E-state index in [-0.39, 0.29) is 5.56 Å². The molecule has 0 amide bonds. The number of aromatic nitrogens is 4. The van der Waals surface area contributed by atoms with Crippen molar-refractivity contribution in [1.29, 1.82) is 0 Å². The molecule has 9 rings (SSSR count). The summed E-state index contributed by atoms with van der Waals surface area (Å²) in [4.78, 5) is 25.9. The lowest BCUT2D eigenvalue weighted by Gasteiger charge is -2.15. The number of hydrogen-bond acceptors (Lipinski definition) is 4. The largest absolute Gasteiger partial charge is 0.292 e. The molecule has 0 bridgehead atoms. The van der Waals surface area contributed by atoms with E-state index in [0.717, 1.165) is 64.7 Å². The highest BCUT2D eigenvalue weighted by Crippen LogP contribution is 2.41. The van der Waals surface area contributed by atoms with E-state index in [1.807, 2.05) is 102 Å². The van der Waals surface area contributed by atoms with Gasteiger partial charge in [0.15, 0.2) is 11.6 Å². The molecule has 9 aromatic rings. The zero-order valence-corrected chi connectivity index (χ0v) is 23.6. The minimum Gasteiger partial charge on any atom is -0.292 e. The second-order valence-corrected chi connectivity index (χ2v) is 11.6. The van der Waals surface area contributed by atoms with Crippen LogP contribution >= 0.6 is 11.3 Å². The second-order valence-electron chi connectivity index (χ2n) is 10.6. The van der Waals surface area contributed by atoms with Gasteiger partial charge in [0.05, 0.1) is 27.3 Å². The lowest BCUT2D eigenvalue weighted by molar-refractivity contribution is 1.05. The van der Waals surface area contributed by atoms with Gasteiger partial charge in [-0.25, -0.2) is 9.97 Å². The van der Waals surface area contributed by atoms with E-state index in [1.54, 1.807) is 11.3 Å². The summed E-state index contributed by atoms with van der Waals surface area (Å²) in [6, 6.07) is 44.7. The Morgan fingerprint density at radius 1 is 0.535 bits per heavy atom. The van der Waals surface area contributed by atoms with Crippen LogP contribution < -0.4 is 5.56 Å². The molecule has 0 unspecified atom stereocenters. The number of para-hydroxylation sites is 3. The molecule has 0 radical (unpaired) electrons. The molecule has 43 heavy (non-hydrogen) atoms. The van der Waals surface area contributed by atoms with E-state index < -0.39 is 0 Å². The van der Waals surface area contributed by atoms with Crippen LogP contribution in [0.4, 0.5) is 0 Å². The Morgan fingerprint density at radius 2 is 1.14 bits per heavy atom. The number of fused-ring (bicyclic) bond motifs is 8. The maximum absolute atomic E-state index is 14.6. The summed E-state index contributed by atoms with van der Waals surface area (Å²) in [6.45, 7) is 0. The Bertz CT molecular complexity index is 2580. The van der Waals surface area contributed by atoms with Crippen molar-refractivity contribution in [3.05, 3.63) is 144 Å². The third kappa shape index (κ3) is 3.47. The maximum Gasteiger partial charge on any atom is 0.265 e. The molecule has 202 valence electrons. The van der Waals surface area contributed by atoms with Crippen LogP contribution in [0.5, 0.6) is 0 Å². The molecule has 0 saturated heterocycles. The predicted molar refractivity (Wildman–Crippen MR) is 178 cm³/mol. The number of pyridine rings is 1. The first-order valence-electron chi connectivity index (χ1n) is 14.2. The summed E-state index contributed by atoms with van der Waals surface area (Å²) in [7, 11) is 0. The predicted octanol–water partition coefficient (Wildman–Crippen LogP) is 8.91. The van der Waals surface area contributed by atoms with Crippen LogP contribution in [-0.2, 0) is 0 Å². The summed E-state index contributed by atoms with van der Waals surface area (Å²) in [6.07, 6.45) is 0. The van der Waals surface area contributed by atoms with Crippen LogP contribution in [0.2, 0.25) is 0 Å². The molecular formula is C37H22N4OS. The van der Waals surface area contributed by atoms with Crippen molar-refractivity contribution in [2.45, 2.75) is 0 Å². The third-order valence-electron chi connectivity index (χ3n) is 8.17. The number of benzene rings is 5. The van der Waals surface area contributed by atoms with Crippen LogP contribution in [0.1, 0.15) is 0 Å². The molecule has 0 atom stereocenters. The van der Waals surface area contributed by atoms with Crippen molar-refractivity contribution in [3.63, 3.8) is 0 Å². The Hall–Kier alpha value is -5.59. The minimum absolute atomic E-state index is 0.0568. The molecule has 0 aliphatic rings. The standard InChI is InChI=1S/C37H22N4OS/c42-37-31-25-17-7-10-20-28(25)41(33(31)26-18-8-11-21-29(26)40(37)24-15-5-2-6-16-24)35-32-27-19-9-12-22-30(27)43-36(32)39-34(38-35)23-13-3-1-4-14-23/h1-22H. The molecule has 5 nitrogen and oxygen atoms in total. The van der Waals surface area contributed by atoms with Crippen LogP contribution in [-0.4, -0.2) is 19.1 Å². The van der Waals surface area contributed by atoms with E-state index in [2.05, 4.69) is 41.0 Å². The summed E-state index contributed by atoms with van der Waals surface area (Å²) in [5.74, 6) is 1.43.